The third kappa shape index (κ3) is 2.60. The Morgan fingerprint density at radius 2 is 2.09 bits per heavy atom. The van der Waals surface area contributed by atoms with Crippen molar-refractivity contribution >= 4 is 22.6 Å². The maximum atomic E-state index is 12.1. The van der Waals surface area contributed by atoms with Crippen LogP contribution in [0.3, 0.4) is 0 Å². The summed E-state index contributed by atoms with van der Waals surface area (Å²) in [5.41, 5.74) is 2.56. The quantitative estimate of drug-likeness (QED) is 0.913. The lowest BCUT2D eigenvalue weighted by atomic mass is 10.2. The van der Waals surface area contributed by atoms with Gasteiger partial charge in [-0.15, -0.1) is 0 Å². The van der Waals surface area contributed by atoms with Crippen LogP contribution in [0, 0.1) is 0 Å². The first-order valence-electron chi connectivity index (χ1n) is 7.83. The van der Waals surface area contributed by atoms with E-state index in [1.807, 2.05) is 18.2 Å². The number of rotatable bonds is 3. The molecule has 0 radical (unpaired) electrons. The van der Waals surface area contributed by atoms with Crippen LogP contribution >= 0.6 is 0 Å². The van der Waals surface area contributed by atoms with Crippen LogP contribution in [-0.2, 0) is 14.3 Å². The molecule has 6 nitrogen and oxygen atoms in total. The highest BCUT2D eigenvalue weighted by Gasteiger charge is 2.24. The fraction of sp³-hybridized carbons (Fsp3) is 0.500. The topological polar surface area (TPSA) is 76.2 Å². The zero-order chi connectivity index (χ0) is 14.9. The molecule has 2 aromatic rings. The number of aromatic nitrogens is 2. The number of imidazole rings is 1. The van der Waals surface area contributed by atoms with Crippen LogP contribution in [-0.4, -0.2) is 35.2 Å². The second-order valence-electron chi connectivity index (χ2n) is 5.85. The number of ether oxygens (including phenoxy) is 2. The van der Waals surface area contributed by atoms with Crippen molar-refractivity contribution in [1.82, 2.24) is 9.97 Å². The fourth-order valence-electron chi connectivity index (χ4n) is 3.06. The van der Waals surface area contributed by atoms with E-state index in [-0.39, 0.29) is 18.1 Å². The molecule has 6 heteroatoms. The number of anilines is 1. The normalized spacial score (nSPS) is 24.9. The van der Waals surface area contributed by atoms with E-state index < -0.39 is 0 Å². The predicted octanol–water partition coefficient (Wildman–Crippen LogP) is 2.53. The van der Waals surface area contributed by atoms with Crippen molar-refractivity contribution in [3.8, 4) is 0 Å². The Kier molecular flexibility index (Phi) is 3.56. The highest BCUT2D eigenvalue weighted by atomic mass is 16.5. The van der Waals surface area contributed by atoms with E-state index in [9.17, 15) is 4.79 Å². The average molecular weight is 301 g/mol. The van der Waals surface area contributed by atoms with E-state index in [1.165, 1.54) is 0 Å². The largest absolute Gasteiger partial charge is 0.370 e. The first-order valence-corrected chi connectivity index (χ1v) is 7.83. The van der Waals surface area contributed by atoms with Crippen molar-refractivity contribution in [3.05, 3.63) is 24.0 Å². The number of carbonyl (C=O) groups excluding carboxylic acids is 1. The van der Waals surface area contributed by atoms with Gasteiger partial charge in [0.25, 0.3) is 5.91 Å². The van der Waals surface area contributed by atoms with Crippen LogP contribution in [0.2, 0.25) is 0 Å². The fourth-order valence-corrected chi connectivity index (χ4v) is 3.06. The maximum Gasteiger partial charge on any atom is 0.253 e. The number of amides is 1. The van der Waals surface area contributed by atoms with E-state index in [1.54, 1.807) is 0 Å². The van der Waals surface area contributed by atoms with E-state index in [0.29, 0.717) is 6.61 Å². The Morgan fingerprint density at radius 1 is 1.23 bits per heavy atom. The van der Waals surface area contributed by atoms with Gasteiger partial charge in [-0.3, -0.25) is 4.79 Å². The molecule has 2 aliphatic heterocycles. The van der Waals surface area contributed by atoms with Gasteiger partial charge in [0, 0.05) is 18.9 Å². The van der Waals surface area contributed by atoms with Gasteiger partial charge in [-0.2, -0.15) is 0 Å². The second-order valence-corrected chi connectivity index (χ2v) is 5.85. The monoisotopic (exact) mass is 301 g/mol. The Morgan fingerprint density at radius 3 is 2.86 bits per heavy atom. The molecule has 1 amide bonds. The molecular formula is C16H19N3O3. The highest BCUT2D eigenvalue weighted by Crippen LogP contribution is 2.28. The summed E-state index contributed by atoms with van der Waals surface area (Å²) < 4.78 is 11.0. The maximum absolute atomic E-state index is 12.1. The zero-order valence-electron chi connectivity index (χ0n) is 12.3. The number of aromatic amines is 1. The number of hydrogen-bond donors (Lipinski definition) is 2. The summed E-state index contributed by atoms with van der Waals surface area (Å²) in [6, 6.07) is 5.69. The Labute approximate surface area is 128 Å². The van der Waals surface area contributed by atoms with E-state index in [0.717, 1.165) is 54.8 Å². The molecule has 2 fully saturated rings. The Bertz CT molecular complexity index is 685. The zero-order valence-corrected chi connectivity index (χ0v) is 12.3. The predicted molar refractivity (Wildman–Crippen MR) is 81.6 cm³/mol. The molecule has 2 saturated heterocycles. The Balaban J connectivity index is 1.53. The van der Waals surface area contributed by atoms with Crippen molar-refractivity contribution in [3.63, 3.8) is 0 Å². The Hall–Kier alpha value is -1.92. The number of nitrogens with zero attached hydrogens (tertiary/aromatic N) is 1. The summed E-state index contributed by atoms with van der Waals surface area (Å²) in [5, 5.41) is 2.91. The summed E-state index contributed by atoms with van der Waals surface area (Å²) in [4.78, 5) is 20.0. The van der Waals surface area contributed by atoms with E-state index >= 15 is 0 Å². The molecule has 22 heavy (non-hydrogen) atoms. The number of fused-ring (bicyclic) bond motifs is 1. The van der Waals surface area contributed by atoms with Crippen molar-refractivity contribution < 1.29 is 14.3 Å². The highest BCUT2D eigenvalue weighted by molar-refractivity contribution is 5.96. The van der Waals surface area contributed by atoms with E-state index in [4.69, 9.17) is 9.47 Å². The van der Waals surface area contributed by atoms with Crippen LogP contribution in [0.4, 0.5) is 5.69 Å². The van der Waals surface area contributed by atoms with Gasteiger partial charge in [-0.05, 0) is 43.9 Å². The molecule has 2 atom stereocenters. The standard InChI is InChI=1S/C16H19N3O3/c20-16(14-4-2-8-22-14)17-10-5-6-11-12(9-10)19-15(18-11)13-3-1-7-21-13/h5-6,9,13-14H,1-4,7-8H2,(H,17,20)(H,18,19)/t13-,14-/m1/s1. The van der Waals surface area contributed by atoms with Gasteiger partial charge in [-0.1, -0.05) is 0 Å². The molecule has 1 aromatic heterocycles. The minimum Gasteiger partial charge on any atom is -0.370 e. The summed E-state index contributed by atoms with van der Waals surface area (Å²) in [7, 11) is 0. The molecule has 4 rings (SSSR count). The SMILES string of the molecule is O=C(Nc1ccc2nc([C@H]3CCCO3)[nH]c2c1)[C@H]1CCCO1. The lowest BCUT2D eigenvalue weighted by molar-refractivity contribution is -0.124. The van der Waals surface area contributed by atoms with Gasteiger partial charge in [0.15, 0.2) is 0 Å². The van der Waals surface area contributed by atoms with E-state index in [2.05, 4.69) is 15.3 Å². The molecule has 1 aromatic carbocycles. The molecule has 0 saturated carbocycles. The van der Waals surface area contributed by atoms with Gasteiger partial charge in [0.1, 0.15) is 18.0 Å². The third-order valence-corrected chi connectivity index (χ3v) is 4.22. The molecule has 0 bridgehead atoms. The third-order valence-electron chi connectivity index (χ3n) is 4.22. The van der Waals surface area contributed by atoms with Gasteiger partial charge in [0.2, 0.25) is 0 Å². The molecule has 0 spiro atoms. The second kappa shape index (κ2) is 5.70. The molecule has 0 unspecified atom stereocenters. The first kappa shape index (κ1) is 13.7. The number of carbonyl (C=O) groups is 1. The van der Waals surface area contributed by atoms with Gasteiger partial charge in [0.05, 0.1) is 11.0 Å². The van der Waals surface area contributed by atoms with Crippen LogP contribution in [0.5, 0.6) is 0 Å². The molecule has 3 heterocycles. The van der Waals surface area contributed by atoms with Crippen molar-refractivity contribution in [2.75, 3.05) is 18.5 Å². The van der Waals surface area contributed by atoms with Crippen molar-refractivity contribution in [2.24, 2.45) is 0 Å². The summed E-state index contributed by atoms with van der Waals surface area (Å²) >= 11 is 0. The van der Waals surface area contributed by atoms with Crippen LogP contribution in [0.25, 0.3) is 11.0 Å². The van der Waals surface area contributed by atoms with Gasteiger partial charge >= 0.3 is 0 Å². The molecule has 2 aliphatic rings. The lowest BCUT2D eigenvalue weighted by Crippen LogP contribution is -2.26. The van der Waals surface area contributed by atoms with Crippen LogP contribution in [0.1, 0.15) is 37.6 Å². The first-order chi connectivity index (χ1) is 10.8. The number of nitrogens with one attached hydrogen (secondary N) is 2. The molecule has 2 N–H and O–H groups in total. The smallest absolute Gasteiger partial charge is 0.253 e. The lowest BCUT2D eigenvalue weighted by Gasteiger charge is -2.10. The summed E-state index contributed by atoms with van der Waals surface area (Å²) in [5.74, 6) is 0.797. The minimum absolute atomic E-state index is 0.0670. The van der Waals surface area contributed by atoms with Gasteiger partial charge < -0.3 is 19.8 Å². The minimum atomic E-state index is -0.320. The average Bonchev–Trinajstić information content (AvgIpc) is 3.26. The summed E-state index contributed by atoms with van der Waals surface area (Å²) in [6.07, 6.45) is 3.56. The van der Waals surface area contributed by atoms with Crippen LogP contribution < -0.4 is 5.32 Å². The number of H-pyrrole nitrogens is 1. The van der Waals surface area contributed by atoms with Crippen molar-refractivity contribution in [2.45, 2.75) is 37.9 Å². The summed E-state index contributed by atoms with van der Waals surface area (Å²) in [6.45, 7) is 1.47. The van der Waals surface area contributed by atoms with Crippen molar-refractivity contribution in [1.29, 1.82) is 0 Å². The number of hydrogen-bond acceptors (Lipinski definition) is 4. The molecule has 0 aliphatic carbocycles. The molecule has 116 valence electrons. The molecular weight excluding hydrogens is 282 g/mol. The van der Waals surface area contributed by atoms with Gasteiger partial charge in [-0.25, -0.2) is 4.98 Å². The number of benzene rings is 1. The van der Waals surface area contributed by atoms with Crippen LogP contribution in [0.15, 0.2) is 18.2 Å².